The van der Waals surface area contributed by atoms with Crippen molar-refractivity contribution in [3.05, 3.63) is 168 Å². The summed E-state index contributed by atoms with van der Waals surface area (Å²) in [5.74, 6) is 16.2. The molecule has 0 radical (unpaired) electrons. The Labute approximate surface area is 295 Å². The van der Waals surface area contributed by atoms with Crippen LogP contribution in [-0.2, 0) is 19.2 Å². The normalized spacial score (nSPS) is 9.43. The molecule has 4 rings (SSSR count). The van der Waals surface area contributed by atoms with Crippen LogP contribution in [0, 0.1) is 35.5 Å². The highest BCUT2D eigenvalue weighted by Gasteiger charge is 2.15. The van der Waals surface area contributed by atoms with Crippen molar-refractivity contribution in [2.45, 2.75) is 6.92 Å². The summed E-state index contributed by atoms with van der Waals surface area (Å²) in [6, 6.07) is 23.2. The van der Waals surface area contributed by atoms with E-state index in [1.807, 2.05) is 0 Å². The van der Waals surface area contributed by atoms with Gasteiger partial charge in [0.15, 0.2) is 0 Å². The van der Waals surface area contributed by atoms with E-state index in [1.54, 1.807) is 79.7 Å². The van der Waals surface area contributed by atoms with Crippen LogP contribution >= 0.6 is 0 Å². The third-order valence-electron chi connectivity index (χ3n) is 6.41. The zero-order valence-electron chi connectivity index (χ0n) is 27.4. The third kappa shape index (κ3) is 11.0. The van der Waals surface area contributed by atoms with Gasteiger partial charge >= 0.3 is 23.9 Å². The third-order valence-corrected chi connectivity index (χ3v) is 6.41. The molecule has 8 nitrogen and oxygen atoms in total. The maximum Gasteiger partial charge on any atom is 0.338 e. The Kier molecular flexibility index (Phi) is 12.5. The molecule has 0 amide bonds. The number of hydrogen-bond donors (Lipinski definition) is 0. The van der Waals surface area contributed by atoms with Crippen LogP contribution in [0.5, 0.6) is 23.0 Å². The molecule has 51 heavy (non-hydrogen) atoms. The molecule has 0 aromatic heterocycles. The Morgan fingerprint density at radius 1 is 0.490 bits per heavy atom. The first-order chi connectivity index (χ1) is 24.6. The van der Waals surface area contributed by atoms with Gasteiger partial charge in [0.25, 0.3) is 0 Å². The number of hydrogen-bond acceptors (Lipinski definition) is 8. The lowest BCUT2D eigenvalue weighted by Crippen LogP contribution is -2.08. The van der Waals surface area contributed by atoms with E-state index < -0.39 is 23.9 Å². The van der Waals surface area contributed by atoms with Crippen LogP contribution in [0.3, 0.4) is 0 Å². The van der Waals surface area contributed by atoms with Crippen LogP contribution in [0.1, 0.15) is 40.3 Å². The predicted molar refractivity (Wildman–Crippen MR) is 192 cm³/mol. The minimum atomic E-state index is -0.736. The van der Waals surface area contributed by atoms with Gasteiger partial charge in [0.1, 0.15) is 23.0 Å². The molecule has 0 fully saturated rings. The van der Waals surface area contributed by atoms with Crippen LogP contribution in [0.4, 0.5) is 0 Å². The summed E-state index contributed by atoms with van der Waals surface area (Å²) in [7, 11) is 0. The van der Waals surface area contributed by atoms with Crippen molar-refractivity contribution < 1.29 is 38.1 Å². The van der Waals surface area contributed by atoms with Crippen molar-refractivity contribution in [1.82, 2.24) is 0 Å². The van der Waals surface area contributed by atoms with E-state index in [0.717, 1.165) is 29.4 Å². The van der Waals surface area contributed by atoms with Gasteiger partial charge in [-0.1, -0.05) is 61.8 Å². The molecule has 8 heteroatoms. The van der Waals surface area contributed by atoms with E-state index >= 15 is 0 Å². The quantitative estimate of drug-likeness (QED) is 0.0888. The average Bonchev–Trinajstić information content (AvgIpc) is 3.14. The molecule has 0 atom stereocenters. The first-order valence-electron chi connectivity index (χ1n) is 15.0. The Bertz CT molecular complexity index is 2240. The Morgan fingerprint density at radius 3 is 1.16 bits per heavy atom. The molecule has 0 unspecified atom stereocenters. The topological polar surface area (TPSA) is 105 Å². The van der Waals surface area contributed by atoms with E-state index in [9.17, 15) is 19.2 Å². The van der Waals surface area contributed by atoms with Gasteiger partial charge in [-0.3, -0.25) is 0 Å². The summed E-state index contributed by atoms with van der Waals surface area (Å²) in [5.41, 5.74) is 3.34. The zero-order chi connectivity index (χ0) is 36.8. The first-order valence-corrected chi connectivity index (χ1v) is 15.0. The second kappa shape index (κ2) is 17.5. The van der Waals surface area contributed by atoms with Crippen LogP contribution in [0.25, 0.3) is 0 Å². The molecule has 0 aliphatic rings. The summed E-state index contributed by atoms with van der Waals surface area (Å²) in [6.45, 7) is 15.4. The van der Waals surface area contributed by atoms with Crippen molar-refractivity contribution in [1.29, 1.82) is 0 Å². The average molecular weight is 673 g/mol. The number of carbonyl (C=O) groups is 4. The van der Waals surface area contributed by atoms with Crippen LogP contribution < -0.4 is 18.9 Å². The summed E-state index contributed by atoms with van der Waals surface area (Å²) >= 11 is 0. The Hall–Kier alpha value is -7.60. The number of benzene rings is 4. The highest BCUT2D eigenvalue weighted by atomic mass is 16.5. The van der Waals surface area contributed by atoms with Gasteiger partial charge in [-0.25, -0.2) is 19.2 Å². The molecular formula is C43H28O8. The van der Waals surface area contributed by atoms with E-state index in [2.05, 4.69) is 61.8 Å². The molecule has 0 N–H and O–H groups in total. The highest BCUT2D eigenvalue weighted by molar-refractivity contribution is 5.89. The van der Waals surface area contributed by atoms with E-state index in [4.69, 9.17) is 18.9 Å². The summed E-state index contributed by atoms with van der Waals surface area (Å²) in [4.78, 5) is 47.6. The Morgan fingerprint density at radius 2 is 0.804 bits per heavy atom. The molecule has 0 saturated carbocycles. The van der Waals surface area contributed by atoms with Crippen LogP contribution in [-0.4, -0.2) is 23.9 Å². The van der Waals surface area contributed by atoms with Crippen molar-refractivity contribution in [2.75, 3.05) is 0 Å². The number of ether oxygens (including phenoxy) is 4. The van der Waals surface area contributed by atoms with Crippen LogP contribution in [0.2, 0.25) is 0 Å². The molecular weight excluding hydrogens is 644 g/mol. The van der Waals surface area contributed by atoms with Gasteiger partial charge in [-0.05, 0) is 79.7 Å². The lowest BCUT2D eigenvalue weighted by atomic mass is 10.1. The fourth-order valence-electron chi connectivity index (χ4n) is 3.85. The van der Waals surface area contributed by atoms with Crippen molar-refractivity contribution in [2.24, 2.45) is 0 Å². The van der Waals surface area contributed by atoms with Crippen molar-refractivity contribution in [3.63, 3.8) is 0 Å². The van der Waals surface area contributed by atoms with Crippen molar-refractivity contribution in [3.8, 4) is 58.5 Å². The van der Waals surface area contributed by atoms with Crippen molar-refractivity contribution >= 4 is 23.9 Å². The molecule has 248 valence electrons. The number of esters is 4. The fourth-order valence-corrected chi connectivity index (χ4v) is 3.85. The van der Waals surface area contributed by atoms with Gasteiger partial charge < -0.3 is 18.9 Å². The second-order valence-electron chi connectivity index (χ2n) is 10.3. The van der Waals surface area contributed by atoms with Crippen LogP contribution in [0.15, 0.2) is 135 Å². The fraction of sp³-hybridized carbons (Fsp3) is 0.0233. The standard InChI is InChI=1S/C43H28O8/c1-6-40(44)48-36-23-17-32(18-24-36)14-11-30-9-12-31(13-10-30)15-21-34-27-39(51-42(46)8-3)35(28-38(34)50-41(45)7-2)22-16-33-19-25-37(26-20-33)49-43(47)29(4)5/h6-10,12-13,17-20,23-28H,1-4H2,5H3. The number of carbonyl (C=O) groups excluding carboxylic acids is 4. The van der Waals surface area contributed by atoms with E-state index in [0.29, 0.717) is 22.6 Å². The second-order valence-corrected chi connectivity index (χ2v) is 10.3. The van der Waals surface area contributed by atoms with E-state index in [-0.39, 0.29) is 28.2 Å². The maximum atomic E-state index is 12.2. The monoisotopic (exact) mass is 672 g/mol. The summed E-state index contributed by atoms with van der Waals surface area (Å²) in [6.07, 6.45) is 3.09. The Balaban J connectivity index is 1.62. The minimum Gasteiger partial charge on any atom is -0.423 e. The van der Waals surface area contributed by atoms with Gasteiger partial charge in [-0.15, -0.1) is 0 Å². The molecule has 0 saturated heterocycles. The van der Waals surface area contributed by atoms with Gasteiger partial charge in [0, 0.05) is 58.2 Å². The lowest BCUT2D eigenvalue weighted by Gasteiger charge is -2.10. The van der Waals surface area contributed by atoms with E-state index in [1.165, 1.54) is 12.1 Å². The molecule has 0 heterocycles. The van der Waals surface area contributed by atoms with Gasteiger partial charge in [-0.2, -0.15) is 0 Å². The SMILES string of the molecule is C=CC(=O)Oc1ccc(C#Cc2ccc(C#Cc3cc(OC(=O)C=C)c(C#Cc4ccc(OC(=O)C(=C)C)cc4)cc3OC(=O)C=C)cc2)cc1. The largest absolute Gasteiger partial charge is 0.423 e. The number of rotatable bonds is 8. The zero-order valence-corrected chi connectivity index (χ0v) is 27.4. The van der Waals surface area contributed by atoms with Gasteiger partial charge in [0.05, 0.1) is 11.1 Å². The highest BCUT2D eigenvalue weighted by Crippen LogP contribution is 2.29. The summed E-state index contributed by atoms with van der Waals surface area (Å²) in [5, 5.41) is 0. The molecule has 0 aliphatic heterocycles. The maximum absolute atomic E-state index is 12.2. The minimum absolute atomic E-state index is 0.0552. The smallest absolute Gasteiger partial charge is 0.338 e. The molecule has 0 bridgehead atoms. The molecule has 4 aromatic rings. The molecule has 0 spiro atoms. The van der Waals surface area contributed by atoms with Gasteiger partial charge in [0.2, 0.25) is 0 Å². The summed E-state index contributed by atoms with van der Waals surface area (Å²) < 4.78 is 21.2. The molecule has 4 aromatic carbocycles. The first kappa shape index (κ1) is 36.2. The lowest BCUT2D eigenvalue weighted by molar-refractivity contribution is -0.130. The predicted octanol–water partition coefficient (Wildman–Crippen LogP) is 6.64. The molecule has 0 aliphatic carbocycles.